The van der Waals surface area contributed by atoms with Crippen molar-refractivity contribution in [2.24, 2.45) is 0 Å². The van der Waals surface area contributed by atoms with Crippen LogP contribution in [0.3, 0.4) is 0 Å². The number of carbonyl (C=O) groups is 1. The third-order valence-electron chi connectivity index (χ3n) is 3.63. The van der Waals surface area contributed by atoms with Gasteiger partial charge in [0.15, 0.2) is 11.6 Å². The van der Waals surface area contributed by atoms with E-state index in [9.17, 15) is 4.79 Å². The van der Waals surface area contributed by atoms with Crippen LogP contribution in [0.1, 0.15) is 24.2 Å². The van der Waals surface area contributed by atoms with E-state index in [4.69, 9.17) is 14.2 Å². The number of methoxy groups -OCH3 is 1. The first-order valence-corrected chi connectivity index (χ1v) is 6.92. The average Bonchev–Trinajstić information content (AvgIpc) is 2.85. The molecule has 2 aromatic carbocycles. The Bertz CT molecular complexity index is 690. The Balaban J connectivity index is 1.89. The van der Waals surface area contributed by atoms with Crippen LogP contribution in [0.4, 0.5) is 0 Å². The molecule has 1 atom stereocenters. The Kier molecular flexibility index (Phi) is 3.43. The molecule has 1 saturated heterocycles. The number of carbonyl (C=O) groups excluding carboxylic acids is 1. The summed E-state index contributed by atoms with van der Waals surface area (Å²) in [6.45, 7) is 3.92. The third-order valence-corrected chi connectivity index (χ3v) is 3.63. The number of benzene rings is 2. The molecule has 1 aliphatic heterocycles. The number of hydrogen-bond donors (Lipinski definition) is 0. The molecule has 0 radical (unpaired) electrons. The maximum Gasteiger partial charge on any atom is 0.194 e. The van der Waals surface area contributed by atoms with Gasteiger partial charge in [-0.15, -0.1) is 0 Å². The van der Waals surface area contributed by atoms with E-state index in [2.05, 4.69) is 0 Å². The van der Waals surface area contributed by atoms with E-state index in [0.29, 0.717) is 12.2 Å². The first-order valence-electron chi connectivity index (χ1n) is 6.92. The van der Waals surface area contributed by atoms with Crippen molar-refractivity contribution in [2.75, 3.05) is 13.7 Å². The minimum atomic E-state index is -0.690. The summed E-state index contributed by atoms with van der Waals surface area (Å²) in [6, 6.07) is 11.4. The molecule has 4 nitrogen and oxygen atoms in total. The number of Topliss-reactive ketones (excluding diaryl/α,β-unsaturated/α-hetero) is 1. The summed E-state index contributed by atoms with van der Waals surface area (Å²) < 4.78 is 16.3. The van der Waals surface area contributed by atoms with Gasteiger partial charge >= 0.3 is 0 Å². The minimum absolute atomic E-state index is 0.0432. The van der Waals surface area contributed by atoms with Crippen LogP contribution in [0.5, 0.6) is 5.75 Å². The van der Waals surface area contributed by atoms with Crippen LogP contribution in [0.2, 0.25) is 0 Å². The fraction of sp³-hybridized carbons (Fsp3) is 0.353. The fourth-order valence-corrected chi connectivity index (χ4v) is 2.51. The SMILES string of the molecule is COc1ccc2cc(C(=O)[C@H]3COC(C)(C)O3)ccc2c1. The van der Waals surface area contributed by atoms with Crippen molar-refractivity contribution in [2.45, 2.75) is 25.7 Å². The minimum Gasteiger partial charge on any atom is -0.497 e. The van der Waals surface area contributed by atoms with Gasteiger partial charge in [-0.05, 0) is 42.8 Å². The molecule has 0 saturated carbocycles. The second-order valence-electron chi connectivity index (χ2n) is 5.61. The molecule has 21 heavy (non-hydrogen) atoms. The van der Waals surface area contributed by atoms with E-state index in [1.165, 1.54) is 0 Å². The average molecular weight is 286 g/mol. The van der Waals surface area contributed by atoms with E-state index in [0.717, 1.165) is 16.5 Å². The van der Waals surface area contributed by atoms with Crippen molar-refractivity contribution in [3.05, 3.63) is 42.0 Å². The predicted octanol–water partition coefficient (Wildman–Crippen LogP) is 3.18. The Morgan fingerprint density at radius 1 is 1.19 bits per heavy atom. The highest BCUT2D eigenvalue weighted by atomic mass is 16.7. The lowest BCUT2D eigenvalue weighted by molar-refractivity contribution is -0.133. The van der Waals surface area contributed by atoms with E-state index in [1.54, 1.807) is 7.11 Å². The molecule has 0 amide bonds. The summed E-state index contributed by atoms with van der Waals surface area (Å²) in [5, 5.41) is 2.04. The van der Waals surface area contributed by atoms with Gasteiger partial charge in [0, 0.05) is 5.56 Å². The lowest BCUT2D eigenvalue weighted by Crippen LogP contribution is -2.26. The zero-order valence-electron chi connectivity index (χ0n) is 12.4. The van der Waals surface area contributed by atoms with Crippen LogP contribution in [-0.4, -0.2) is 31.4 Å². The lowest BCUT2D eigenvalue weighted by Gasteiger charge is -2.16. The smallest absolute Gasteiger partial charge is 0.194 e. The van der Waals surface area contributed by atoms with Gasteiger partial charge < -0.3 is 14.2 Å². The highest BCUT2D eigenvalue weighted by molar-refractivity contribution is 6.02. The quantitative estimate of drug-likeness (QED) is 0.813. The maximum absolute atomic E-state index is 12.5. The normalized spacial score (nSPS) is 20.6. The number of hydrogen-bond acceptors (Lipinski definition) is 4. The number of fused-ring (bicyclic) bond motifs is 1. The van der Waals surface area contributed by atoms with Gasteiger partial charge in [-0.25, -0.2) is 0 Å². The number of rotatable bonds is 3. The molecule has 0 aliphatic carbocycles. The summed E-state index contributed by atoms with van der Waals surface area (Å²) in [7, 11) is 1.64. The Morgan fingerprint density at radius 3 is 2.57 bits per heavy atom. The molecule has 1 fully saturated rings. The van der Waals surface area contributed by atoms with Crippen LogP contribution < -0.4 is 4.74 Å². The second kappa shape index (κ2) is 5.13. The van der Waals surface area contributed by atoms with Crippen molar-refractivity contribution < 1.29 is 19.0 Å². The molecule has 0 aromatic heterocycles. The predicted molar refractivity (Wildman–Crippen MR) is 79.7 cm³/mol. The molecule has 0 spiro atoms. The van der Waals surface area contributed by atoms with Crippen molar-refractivity contribution in [1.29, 1.82) is 0 Å². The fourth-order valence-electron chi connectivity index (χ4n) is 2.51. The monoisotopic (exact) mass is 286 g/mol. The Hall–Kier alpha value is -1.91. The summed E-state index contributed by atoms with van der Waals surface area (Å²) in [4.78, 5) is 12.5. The second-order valence-corrected chi connectivity index (χ2v) is 5.61. The van der Waals surface area contributed by atoms with E-state index < -0.39 is 11.9 Å². The zero-order valence-corrected chi connectivity index (χ0v) is 12.4. The molecule has 0 bridgehead atoms. The van der Waals surface area contributed by atoms with Gasteiger partial charge in [-0.1, -0.05) is 18.2 Å². The van der Waals surface area contributed by atoms with Gasteiger partial charge in [-0.2, -0.15) is 0 Å². The molecule has 1 heterocycles. The molecule has 0 unspecified atom stereocenters. The molecular weight excluding hydrogens is 268 g/mol. The summed E-state index contributed by atoms with van der Waals surface area (Å²) in [5.41, 5.74) is 0.638. The van der Waals surface area contributed by atoms with Crippen LogP contribution in [-0.2, 0) is 9.47 Å². The molecule has 1 aliphatic rings. The summed E-state index contributed by atoms with van der Waals surface area (Å²) >= 11 is 0. The van der Waals surface area contributed by atoms with Gasteiger partial charge in [0.2, 0.25) is 0 Å². The van der Waals surface area contributed by atoms with Gasteiger partial charge in [0.1, 0.15) is 11.9 Å². The topological polar surface area (TPSA) is 44.8 Å². The highest BCUT2D eigenvalue weighted by Gasteiger charge is 2.37. The van der Waals surface area contributed by atoms with Crippen molar-refractivity contribution in [1.82, 2.24) is 0 Å². The molecule has 0 N–H and O–H groups in total. The maximum atomic E-state index is 12.5. The summed E-state index contributed by atoms with van der Waals surface area (Å²) in [6.07, 6.45) is -0.532. The lowest BCUT2D eigenvalue weighted by atomic mass is 10.0. The third kappa shape index (κ3) is 2.77. The summed E-state index contributed by atoms with van der Waals surface area (Å²) in [5.74, 6) is 0.0685. The zero-order chi connectivity index (χ0) is 15.0. The van der Waals surface area contributed by atoms with Crippen LogP contribution in [0.15, 0.2) is 36.4 Å². The van der Waals surface area contributed by atoms with Crippen molar-refractivity contribution in [3.8, 4) is 5.75 Å². The molecule has 110 valence electrons. The van der Waals surface area contributed by atoms with Gasteiger partial charge in [0.05, 0.1) is 13.7 Å². The number of ketones is 1. The van der Waals surface area contributed by atoms with Crippen LogP contribution >= 0.6 is 0 Å². The van der Waals surface area contributed by atoms with E-state index in [1.807, 2.05) is 50.2 Å². The van der Waals surface area contributed by atoms with Crippen LogP contribution in [0, 0.1) is 0 Å². The molecular formula is C17H18O4. The van der Waals surface area contributed by atoms with Gasteiger partial charge in [0.25, 0.3) is 0 Å². The number of ether oxygens (including phenoxy) is 3. The van der Waals surface area contributed by atoms with E-state index in [-0.39, 0.29) is 5.78 Å². The largest absolute Gasteiger partial charge is 0.497 e. The highest BCUT2D eigenvalue weighted by Crippen LogP contribution is 2.27. The van der Waals surface area contributed by atoms with Gasteiger partial charge in [-0.3, -0.25) is 4.79 Å². The van der Waals surface area contributed by atoms with E-state index >= 15 is 0 Å². The van der Waals surface area contributed by atoms with Crippen LogP contribution in [0.25, 0.3) is 10.8 Å². The molecule has 2 aromatic rings. The first-order chi connectivity index (χ1) is 9.98. The Labute approximate surface area is 123 Å². The Morgan fingerprint density at radius 2 is 1.90 bits per heavy atom. The molecule has 3 rings (SSSR count). The first kappa shape index (κ1) is 14.0. The molecule has 4 heteroatoms. The van der Waals surface area contributed by atoms with Crippen molar-refractivity contribution in [3.63, 3.8) is 0 Å². The van der Waals surface area contributed by atoms with Crippen molar-refractivity contribution >= 4 is 16.6 Å². The standard InChI is InChI=1S/C17H18O4/c1-17(2)20-10-15(21-17)16(18)13-5-4-12-9-14(19-3)7-6-11(12)8-13/h4-9,15H,10H2,1-3H3/t15-/m1/s1.